The van der Waals surface area contributed by atoms with Gasteiger partial charge in [0, 0.05) is 11.1 Å². The molecule has 130 valence electrons. The molecular formula is C20H21NO4. The van der Waals surface area contributed by atoms with Crippen molar-refractivity contribution in [2.24, 2.45) is 0 Å². The average molecular weight is 339 g/mol. The normalized spacial score (nSPS) is 10.2. The van der Waals surface area contributed by atoms with Crippen LogP contribution in [0.3, 0.4) is 0 Å². The number of ketones is 1. The summed E-state index contributed by atoms with van der Waals surface area (Å²) >= 11 is 0. The van der Waals surface area contributed by atoms with Crippen LogP contribution in [0.1, 0.15) is 37.4 Å². The van der Waals surface area contributed by atoms with Crippen LogP contribution in [-0.2, 0) is 9.53 Å². The minimum absolute atomic E-state index is 0.264. The number of carbonyl (C=O) groups is 3. The summed E-state index contributed by atoms with van der Waals surface area (Å²) in [7, 11) is 0. The Labute approximate surface area is 147 Å². The van der Waals surface area contributed by atoms with Crippen LogP contribution < -0.4 is 5.32 Å². The monoisotopic (exact) mass is 339 g/mol. The van der Waals surface area contributed by atoms with Gasteiger partial charge in [-0.1, -0.05) is 35.4 Å². The Balaban J connectivity index is 1.83. The van der Waals surface area contributed by atoms with Crippen molar-refractivity contribution >= 4 is 17.7 Å². The van der Waals surface area contributed by atoms with Gasteiger partial charge < -0.3 is 10.1 Å². The van der Waals surface area contributed by atoms with E-state index in [1.165, 1.54) is 0 Å². The Morgan fingerprint density at radius 2 is 1.68 bits per heavy atom. The number of rotatable bonds is 6. The molecule has 0 bridgehead atoms. The van der Waals surface area contributed by atoms with Crippen LogP contribution in [-0.4, -0.2) is 30.8 Å². The molecule has 2 aromatic rings. The lowest BCUT2D eigenvalue weighted by atomic mass is 10.0. The lowest BCUT2D eigenvalue weighted by Gasteiger charge is -2.08. The van der Waals surface area contributed by atoms with Gasteiger partial charge >= 0.3 is 5.97 Å². The van der Waals surface area contributed by atoms with E-state index in [9.17, 15) is 14.4 Å². The zero-order valence-corrected chi connectivity index (χ0v) is 14.6. The second kappa shape index (κ2) is 8.24. The molecule has 5 heteroatoms. The molecule has 0 spiro atoms. The van der Waals surface area contributed by atoms with Gasteiger partial charge in [-0.2, -0.15) is 0 Å². The van der Waals surface area contributed by atoms with Gasteiger partial charge in [0.2, 0.25) is 5.78 Å². The molecule has 0 aliphatic rings. The number of esters is 1. The molecule has 0 fully saturated rings. The highest BCUT2D eigenvalue weighted by Crippen LogP contribution is 2.11. The SMILES string of the molecule is Cc1cccc(C(=O)NCC(=O)OCC(=O)c2cc(C)ccc2C)c1. The zero-order valence-electron chi connectivity index (χ0n) is 14.6. The van der Waals surface area contributed by atoms with Crippen LogP contribution in [0.2, 0.25) is 0 Å². The van der Waals surface area contributed by atoms with Crippen molar-refractivity contribution in [2.75, 3.05) is 13.2 Å². The number of carbonyl (C=O) groups excluding carboxylic acids is 3. The van der Waals surface area contributed by atoms with Crippen molar-refractivity contribution < 1.29 is 19.1 Å². The lowest BCUT2D eigenvalue weighted by Crippen LogP contribution is -2.31. The quantitative estimate of drug-likeness (QED) is 0.649. The molecule has 0 unspecified atom stereocenters. The third-order valence-corrected chi connectivity index (χ3v) is 3.73. The summed E-state index contributed by atoms with van der Waals surface area (Å²) in [5, 5.41) is 2.49. The van der Waals surface area contributed by atoms with Gasteiger partial charge in [0.15, 0.2) is 6.61 Å². The van der Waals surface area contributed by atoms with E-state index in [1.807, 2.05) is 39.0 Å². The number of nitrogens with one attached hydrogen (secondary N) is 1. The smallest absolute Gasteiger partial charge is 0.325 e. The summed E-state index contributed by atoms with van der Waals surface area (Å²) < 4.78 is 4.96. The zero-order chi connectivity index (χ0) is 18.4. The van der Waals surface area contributed by atoms with Crippen molar-refractivity contribution in [3.63, 3.8) is 0 Å². The molecule has 2 aromatic carbocycles. The highest BCUT2D eigenvalue weighted by atomic mass is 16.5. The topological polar surface area (TPSA) is 72.5 Å². The fraction of sp³-hybridized carbons (Fsp3) is 0.250. The first kappa shape index (κ1) is 18.4. The van der Waals surface area contributed by atoms with Crippen molar-refractivity contribution in [1.82, 2.24) is 5.32 Å². The molecular weight excluding hydrogens is 318 g/mol. The molecule has 1 amide bonds. The molecule has 0 saturated heterocycles. The van der Waals surface area contributed by atoms with E-state index in [2.05, 4.69) is 5.32 Å². The van der Waals surface area contributed by atoms with E-state index < -0.39 is 5.97 Å². The van der Waals surface area contributed by atoms with Gasteiger partial charge in [0.1, 0.15) is 6.54 Å². The summed E-state index contributed by atoms with van der Waals surface area (Å²) in [4.78, 5) is 35.9. The summed E-state index contributed by atoms with van der Waals surface area (Å²) in [6, 6.07) is 12.6. The maximum Gasteiger partial charge on any atom is 0.325 e. The Morgan fingerprint density at radius 3 is 2.40 bits per heavy atom. The number of benzene rings is 2. The van der Waals surface area contributed by atoms with Gasteiger partial charge in [-0.3, -0.25) is 14.4 Å². The molecule has 5 nitrogen and oxygen atoms in total. The number of hydrogen-bond donors (Lipinski definition) is 1. The second-order valence-electron chi connectivity index (χ2n) is 5.95. The van der Waals surface area contributed by atoms with Gasteiger partial charge in [-0.15, -0.1) is 0 Å². The van der Waals surface area contributed by atoms with E-state index in [4.69, 9.17) is 4.74 Å². The minimum Gasteiger partial charge on any atom is -0.456 e. The molecule has 0 aliphatic heterocycles. The number of Topliss-reactive ketones (excluding diaryl/α,β-unsaturated/α-hetero) is 1. The molecule has 25 heavy (non-hydrogen) atoms. The second-order valence-corrected chi connectivity index (χ2v) is 5.95. The van der Waals surface area contributed by atoms with Crippen molar-refractivity contribution in [3.05, 3.63) is 70.3 Å². The lowest BCUT2D eigenvalue weighted by molar-refractivity contribution is -0.141. The molecule has 0 aromatic heterocycles. The third kappa shape index (κ3) is 5.28. The predicted molar refractivity (Wildman–Crippen MR) is 94.7 cm³/mol. The Morgan fingerprint density at radius 1 is 0.960 bits per heavy atom. The highest BCUT2D eigenvalue weighted by Gasteiger charge is 2.13. The highest BCUT2D eigenvalue weighted by molar-refractivity contribution is 6.00. The maximum absolute atomic E-state index is 12.2. The van der Waals surface area contributed by atoms with Crippen LogP contribution in [0.25, 0.3) is 0 Å². The number of ether oxygens (including phenoxy) is 1. The molecule has 0 atom stereocenters. The van der Waals surface area contributed by atoms with Crippen LogP contribution in [0.5, 0.6) is 0 Å². The van der Waals surface area contributed by atoms with E-state index >= 15 is 0 Å². The fourth-order valence-corrected chi connectivity index (χ4v) is 2.35. The van der Waals surface area contributed by atoms with Gasteiger partial charge in [-0.05, 0) is 44.5 Å². The summed E-state index contributed by atoms with van der Waals surface area (Å²) in [5.41, 5.74) is 3.76. The van der Waals surface area contributed by atoms with Crippen molar-refractivity contribution in [2.45, 2.75) is 20.8 Å². The van der Waals surface area contributed by atoms with Gasteiger partial charge in [0.05, 0.1) is 0 Å². The first-order valence-electron chi connectivity index (χ1n) is 7.98. The minimum atomic E-state index is -0.653. The van der Waals surface area contributed by atoms with E-state index in [0.29, 0.717) is 11.1 Å². The van der Waals surface area contributed by atoms with Crippen LogP contribution in [0.15, 0.2) is 42.5 Å². The Kier molecular flexibility index (Phi) is 6.06. The number of hydrogen-bond acceptors (Lipinski definition) is 4. The molecule has 0 saturated carbocycles. The van der Waals surface area contributed by atoms with Crippen LogP contribution in [0, 0.1) is 20.8 Å². The molecule has 2 rings (SSSR count). The molecule has 0 radical (unpaired) electrons. The predicted octanol–water partition coefficient (Wildman–Crippen LogP) is 2.77. The molecule has 1 N–H and O–H groups in total. The molecule has 0 aliphatic carbocycles. The Bertz CT molecular complexity index is 811. The van der Waals surface area contributed by atoms with E-state index in [1.54, 1.807) is 24.3 Å². The van der Waals surface area contributed by atoms with E-state index in [0.717, 1.165) is 16.7 Å². The average Bonchev–Trinajstić information content (AvgIpc) is 2.59. The van der Waals surface area contributed by atoms with Crippen molar-refractivity contribution in [1.29, 1.82) is 0 Å². The first-order chi connectivity index (χ1) is 11.9. The van der Waals surface area contributed by atoms with Gasteiger partial charge in [-0.25, -0.2) is 0 Å². The first-order valence-corrected chi connectivity index (χ1v) is 7.98. The number of aryl methyl sites for hydroxylation is 3. The largest absolute Gasteiger partial charge is 0.456 e. The molecule has 0 heterocycles. The summed E-state index contributed by atoms with van der Waals surface area (Å²) in [5.74, 6) is -1.28. The number of amides is 1. The Hall–Kier alpha value is -2.95. The van der Waals surface area contributed by atoms with Crippen LogP contribution >= 0.6 is 0 Å². The maximum atomic E-state index is 12.2. The van der Waals surface area contributed by atoms with Crippen LogP contribution in [0.4, 0.5) is 0 Å². The van der Waals surface area contributed by atoms with Crippen molar-refractivity contribution in [3.8, 4) is 0 Å². The summed E-state index contributed by atoms with van der Waals surface area (Å²) in [6.07, 6.45) is 0. The third-order valence-electron chi connectivity index (χ3n) is 3.73. The van der Waals surface area contributed by atoms with Gasteiger partial charge in [0.25, 0.3) is 5.91 Å². The van der Waals surface area contributed by atoms with E-state index in [-0.39, 0.29) is 24.8 Å². The fourth-order valence-electron chi connectivity index (χ4n) is 2.35. The standard InChI is InChI=1S/C20H21NO4/c1-13-5-4-6-16(9-13)20(24)21-11-19(23)25-12-18(22)17-10-14(2)7-8-15(17)3/h4-10H,11-12H2,1-3H3,(H,21,24). The summed E-state index contributed by atoms with van der Waals surface area (Å²) in [6.45, 7) is 4.97.